The first-order valence-electron chi connectivity index (χ1n) is 10.9. The Labute approximate surface area is 193 Å². The van der Waals surface area contributed by atoms with Gasteiger partial charge in [0.25, 0.3) is 5.91 Å². The summed E-state index contributed by atoms with van der Waals surface area (Å²) >= 11 is 0. The third-order valence-corrected chi connectivity index (χ3v) is 7.82. The predicted molar refractivity (Wildman–Crippen MR) is 121 cm³/mol. The van der Waals surface area contributed by atoms with Crippen molar-refractivity contribution in [3.8, 4) is 5.75 Å². The number of hydrogen-bond acceptors (Lipinski definition) is 6. The molecule has 33 heavy (non-hydrogen) atoms. The van der Waals surface area contributed by atoms with E-state index < -0.39 is 10.0 Å². The number of nitrogens with zero attached hydrogens (tertiary/aromatic N) is 3. The van der Waals surface area contributed by atoms with E-state index in [0.29, 0.717) is 63.8 Å². The maximum absolute atomic E-state index is 13.1. The molecule has 2 aromatic carbocycles. The number of piperazine rings is 1. The van der Waals surface area contributed by atoms with Crippen LogP contribution in [0.4, 0.5) is 10.1 Å². The second-order valence-electron chi connectivity index (χ2n) is 8.08. The van der Waals surface area contributed by atoms with E-state index in [1.165, 1.54) is 22.5 Å². The Morgan fingerprint density at radius 2 is 1.67 bits per heavy atom. The molecule has 2 fully saturated rings. The number of ether oxygens (including phenoxy) is 2. The highest BCUT2D eigenvalue weighted by atomic mass is 32.2. The van der Waals surface area contributed by atoms with Gasteiger partial charge in [0.1, 0.15) is 11.6 Å². The number of morpholine rings is 1. The minimum Gasteiger partial charge on any atom is -0.483 e. The Morgan fingerprint density at radius 1 is 1.00 bits per heavy atom. The van der Waals surface area contributed by atoms with Crippen LogP contribution in [0.15, 0.2) is 47.4 Å². The van der Waals surface area contributed by atoms with Crippen LogP contribution >= 0.6 is 0 Å². The number of anilines is 1. The van der Waals surface area contributed by atoms with E-state index in [1.54, 1.807) is 36.1 Å². The molecule has 2 aliphatic rings. The van der Waals surface area contributed by atoms with E-state index in [-0.39, 0.29) is 23.2 Å². The van der Waals surface area contributed by atoms with Gasteiger partial charge in [0, 0.05) is 45.0 Å². The van der Waals surface area contributed by atoms with E-state index in [0.717, 1.165) is 5.69 Å². The molecular weight excluding hydrogens is 449 g/mol. The van der Waals surface area contributed by atoms with Crippen LogP contribution in [0.5, 0.6) is 5.75 Å². The average Bonchev–Trinajstić information content (AvgIpc) is 2.84. The minimum atomic E-state index is -3.58. The van der Waals surface area contributed by atoms with Crippen LogP contribution in [0, 0.1) is 12.7 Å². The monoisotopic (exact) mass is 477 g/mol. The summed E-state index contributed by atoms with van der Waals surface area (Å²) in [5, 5.41) is 0. The van der Waals surface area contributed by atoms with Gasteiger partial charge in [-0.15, -0.1) is 0 Å². The van der Waals surface area contributed by atoms with Gasteiger partial charge in [-0.05, 0) is 55.0 Å². The Kier molecular flexibility index (Phi) is 7.16. The molecule has 2 heterocycles. The highest BCUT2D eigenvalue weighted by Crippen LogP contribution is 2.25. The summed E-state index contributed by atoms with van der Waals surface area (Å²) in [4.78, 5) is 16.7. The fourth-order valence-corrected chi connectivity index (χ4v) is 5.47. The van der Waals surface area contributed by atoms with E-state index in [1.807, 2.05) is 0 Å². The SMILES string of the molecule is Cc1cc(S(=O)(=O)N2CCOCC2)ccc1OCC(=O)N1CCN(c2ccc(F)cc2)CC1. The summed E-state index contributed by atoms with van der Waals surface area (Å²) in [5.41, 5.74) is 1.58. The lowest BCUT2D eigenvalue weighted by molar-refractivity contribution is -0.133. The standard InChI is InChI=1S/C23H28FN3O5S/c1-18-16-21(33(29,30)27-12-14-31-15-13-27)6-7-22(18)32-17-23(28)26-10-8-25(9-11-26)20-4-2-19(24)3-5-20/h2-7,16H,8-15,17H2,1H3. The van der Waals surface area contributed by atoms with Gasteiger partial charge in [0.05, 0.1) is 18.1 Å². The number of carbonyl (C=O) groups is 1. The molecule has 8 nitrogen and oxygen atoms in total. The molecule has 2 saturated heterocycles. The third kappa shape index (κ3) is 5.45. The van der Waals surface area contributed by atoms with Gasteiger partial charge in [-0.25, -0.2) is 12.8 Å². The summed E-state index contributed by atoms with van der Waals surface area (Å²) in [6, 6.07) is 11.0. The van der Waals surface area contributed by atoms with Crippen LogP contribution in [0.25, 0.3) is 0 Å². The number of hydrogen-bond donors (Lipinski definition) is 0. The number of benzene rings is 2. The third-order valence-electron chi connectivity index (χ3n) is 5.93. The fourth-order valence-electron chi connectivity index (χ4n) is 3.98. The molecule has 0 unspecified atom stereocenters. The van der Waals surface area contributed by atoms with Crippen molar-refractivity contribution in [1.82, 2.24) is 9.21 Å². The molecule has 0 radical (unpaired) electrons. The van der Waals surface area contributed by atoms with Gasteiger partial charge in [-0.2, -0.15) is 4.31 Å². The van der Waals surface area contributed by atoms with Gasteiger partial charge in [0.15, 0.2) is 6.61 Å². The van der Waals surface area contributed by atoms with E-state index in [2.05, 4.69) is 4.90 Å². The van der Waals surface area contributed by atoms with Crippen molar-refractivity contribution in [2.24, 2.45) is 0 Å². The zero-order valence-corrected chi connectivity index (χ0v) is 19.4. The maximum atomic E-state index is 13.1. The number of amides is 1. The highest BCUT2D eigenvalue weighted by molar-refractivity contribution is 7.89. The average molecular weight is 478 g/mol. The van der Waals surface area contributed by atoms with Crippen LogP contribution in [0.1, 0.15) is 5.56 Å². The van der Waals surface area contributed by atoms with Gasteiger partial charge in [0.2, 0.25) is 10.0 Å². The lowest BCUT2D eigenvalue weighted by Gasteiger charge is -2.36. The van der Waals surface area contributed by atoms with E-state index in [9.17, 15) is 17.6 Å². The molecule has 0 aromatic heterocycles. The van der Waals surface area contributed by atoms with Crippen molar-refractivity contribution in [2.45, 2.75) is 11.8 Å². The molecule has 0 aliphatic carbocycles. The number of sulfonamides is 1. The second-order valence-corrected chi connectivity index (χ2v) is 10.0. The van der Waals surface area contributed by atoms with Crippen LogP contribution in [0.2, 0.25) is 0 Å². The van der Waals surface area contributed by atoms with Crippen LogP contribution in [0.3, 0.4) is 0 Å². The Hall–Kier alpha value is -2.69. The summed E-state index contributed by atoms with van der Waals surface area (Å²) < 4.78 is 51.1. The van der Waals surface area contributed by atoms with E-state index in [4.69, 9.17) is 9.47 Å². The normalized spacial score (nSPS) is 17.8. The van der Waals surface area contributed by atoms with Gasteiger partial charge >= 0.3 is 0 Å². The van der Waals surface area contributed by atoms with Crippen molar-refractivity contribution in [2.75, 3.05) is 64.0 Å². The predicted octanol–water partition coefficient (Wildman–Crippen LogP) is 1.88. The highest BCUT2D eigenvalue weighted by Gasteiger charge is 2.27. The van der Waals surface area contributed by atoms with Crippen molar-refractivity contribution in [3.05, 3.63) is 53.8 Å². The summed E-state index contributed by atoms with van der Waals surface area (Å²) in [7, 11) is -3.58. The smallest absolute Gasteiger partial charge is 0.260 e. The topological polar surface area (TPSA) is 79.4 Å². The van der Waals surface area contributed by atoms with Crippen LogP contribution in [-0.2, 0) is 19.6 Å². The van der Waals surface area contributed by atoms with Crippen molar-refractivity contribution < 1.29 is 27.1 Å². The van der Waals surface area contributed by atoms with Crippen molar-refractivity contribution in [1.29, 1.82) is 0 Å². The minimum absolute atomic E-state index is 0.118. The second kappa shape index (κ2) is 10.1. The number of carbonyl (C=O) groups excluding carboxylic acids is 1. The van der Waals surface area contributed by atoms with Gasteiger partial charge in [-0.1, -0.05) is 0 Å². The van der Waals surface area contributed by atoms with Crippen molar-refractivity contribution in [3.63, 3.8) is 0 Å². The summed E-state index contributed by atoms with van der Waals surface area (Å²) in [6.07, 6.45) is 0. The quantitative estimate of drug-likeness (QED) is 0.632. The summed E-state index contributed by atoms with van der Waals surface area (Å²) in [5.74, 6) is 0.0825. The number of aryl methyl sites for hydroxylation is 1. The lowest BCUT2D eigenvalue weighted by atomic mass is 10.2. The van der Waals surface area contributed by atoms with Crippen LogP contribution in [-0.4, -0.2) is 82.6 Å². The van der Waals surface area contributed by atoms with Crippen molar-refractivity contribution >= 4 is 21.6 Å². The first kappa shape index (κ1) is 23.5. The molecular formula is C23H28FN3O5S. The molecule has 0 atom stereocenters. The summed E-state index contributed by atoms with van der Waals surface area (Å²) in [6.45, 7) is 5.51. The van der Waals surface area contributed by atoms with E-state index >= 15 is 0 Å². The van der Waals surface area contributed by atoms with Gasteiger partial charge < -0.3 is 19.3 Å². The largest absolute Gasteiger partial charge is 0.483 e. The molecule has 0 saturated carbocycles. The molecule has 0 N–H and O–H groups in total. The Balaban J connectivity index is 1.31. The van der Waals surface area contributed by atoms with Gasteiger partial charge in [-0.3, -0.25) is 4.79 Å². The maximum Gasteiger partial charge on any atom is 0.260 e. The Bertz CT molecular complexity index is 1080. The fraction of sp³-hybridized carbons (Fsp3) is 0.435. The van der Waals surface area contributed by atoms with Crippen LogP contribution < -0.4 is 9.64 Å². The zero-order chi connectivity index (χ0) is 23.4. The molecule has 4 rings (SSSR count). The first-order chi connectivity index (χ1) is 15.8. The molecule has 178 valence electrons. The molecule has 10 heteroatoms. The Morgan fingerprint density at radius 3 is 2.30 bits per heavy atom. The molecule has 2 aliphatic heterocycles. The first-order valence-corrected chi connectivity index (χ1v) is 12.4. The molecule has 0 spiro atoms. The number of rotatable bonds is 6. The number of halogens is 1. The molecule has 1 amide bonds. The molecule has 2 aromatic rings. The molecule has 0 bridgehead atoms. The lowest BCUT2D eigenvalue weighted by Crippen LogP contribution is -2.50. The zero-order valence-electron chi connectivity index (χ0n) is 18.6.